The van der Waals surface area contributed by atoms with Crippen molar-refractivity contribution in [3.63, 3.8) is 0 Å². The van der Waals surface area contributed by atoms with Crippen LogP contribution in [-0.2, 0) is 12.4 Å². The Bertz CT molecular complexity index is 621. The van der Waals surface area contributed by atoms with Crippen LogP contribution in [0.4, 0.5) is 26.3 Å². The lowest BCUT2D eigenvalue weighted by Gasteiger charge is -2.42. The molecular formula is C19H26Cl2F6N2. The van der Waals surface area contributed by atoms with Gasteiger partial charge in [0.1, 0.15) is 0 Å². The van der Waals surface area contributed by atoms with Crippen LogP contribution < -0.4 is 5.32 Å². The van der Waals surface area contributed by atoms with Crippen molar-refractivity contribution in [3.8, 4) is 0 Å². The molecule has 0 radical (unpaired) electrons. The maximum absolute atomic E-state index is 13.7. The van der Waals surface area contributed by atoms with E-state index < -0.39 is 29.5 Å². The zero-order chi connectivity index (χ0) is 19.7. The third kappa shape index (κ3) is 6.39. The number of hydrogen-bond donors (Lipinski definition) is 1. The summed E-state index contributed by atoms with van der Waals surface area (Å²) in [5.74, 6) is -0.0542. The fourth-order valence-corrected chi connectivity index (χ4v) is 4.40. The van der Waals surface area contributed by atoms with Crippen LogP contribution in [0.2, 0.25) is 0 Å². The first-order valence-electron chi connectivity index (χ1n) is 9.41. The van der Waals surface area contributed by atoms with Crippen molar-refractivity contribution in [1.82, 2.24) is 10.2 Å². The summed E-state index contributed by atoms with van der Waals surface area (Å²) < 4.78 is 80.7. The van der Waals surface area contributed by atoms with Crippen molar-refractivity contribution in [1.29, 1.82) is 0 Å². The lowest BCUT2D eigenvalue weighted by molar-refractivity contribution is -0.142. The molecule has 29 heavy (non-hydrogen) atoms. The maximum Gasteiger partial charge on any atom is 0.416 e. The van der Waals surface area contributed by atoms with E-state index in [1.165, 1.54) is 0 Å². The molecule has 0 spiro atoms. The Morgan fingerprint density at radius 2 is 1.45 bits per heavy atom. The molecule has 1 heterocycles. The van der Waals surface area contributed by atoms with Crippen LogP contribution in [0.3, 0.4) is 0 Å². The second kappa shape index (κ2) is 10.6. The lowest BCUT2D eigenvalue weighted by Crippen LogP contribution is -2.47. The van der Waals surface area contributed by atoms with E-state index in [9.17, 15) is 26.3 Å². The molecule has 2 aliphatic rings. The number of benzene rings is 1. The van der Waals surface area contributed by atoms with Crippen LogP contribution in [0.15, 0.2) is 18.2 Å². The van der Waals surface area contributed by atoms with E-state index >= 15 is 0 Å². The molecule has 1 aromatic carbocycles. The molecule has 3 rings (SSSR count). The van der Waals surface area contributed by atoms with Crippen molar-refractivity contribution in [2.45, 2.75) is 50.5 Å². The standard InChI is InChI=1S/C19H24F6N2.2ClH/c20-18(21,22)14-6-7-16(19(23,24)25)15(12-14)17(13-4-2-1-3-5-13)27-10-8-26-9-11-27;;/h6-7,12-13,17,26H,1-5,8-11H2;2*1H/t17-;;/m0../s1. The molecule has 0 amide bonds. The minimum Gasteiger partial charge on any atom is -0.314 e. The van der Waals surface area contributed by atoms with E-state index in [-0.39, 0.29) is 36.3 Å². The number of nitrogens with zero attached hydrogens (tertiary/aromatic N) is 1. The van der Waals surface area contributed by atoms with Crippen molar-refractivity contribution < 1.29 is 26.3 Å². The number of hydrogen-bond acceptors (Lipinski definition) is 2. The highest BCUT2D eigenvalue weighted by Crippen LogP contribution is 2.45. The van der Waals surface area contributed by atoms with Gasteiger partial charge < -0.3 is 5.32 Å². The lowest BCUT2D eigenvalue weighted by atomic mass is 9.78. The molecule has 1 saturated heterocycles. The first-order chi connectivity index (χ1) is 12.7. The maximum atomic E-state index is 13.7. The number of alkyl halides is 6. The molecule has 168 valence electrons. The molecule has 0 unspecified atom stereocenters. The van der Waals surface area contributed by atoms with Crippen molar-refractivity contribution in [3.05, 3.63) is 34.9 Å². The summed E-state index contributed by atoms with van der Waals surface area (Å²) in [6.07, 6.45) is -5.00. The zero-order valence-corrected chi connectivity index (χ0v) is 17.4. The predicted octanol–water partition coefficient (Wildman–Crippen LogP) is 6.09. The average molecular weight is 467 g/mol. The molecule has 0 aromatic heterocycles. The Morgan fingerprint density at radius 1 is 0.862 bits per heavy atom. The second-order valence-electron chi connectivity index (χ2n) is 7.43. The topological polar surface area (TPSA) is 15.3 Å². The summed E-state index contributed by atoms with van der Waals surface area (Å²) in [7, 11) is 0. The van der Waals surface area contributed by atoms with E-state index in [1.807, 2.05) is 4.90 Å². The van der Waals surface area contributed by atoms with E-state index in [0.717, 1.165) is 38.2 Å². The van der Waals surface area contributed by atoms with E-state index in [4.69, 9.17) is 0 Å². The van der Waals surface area contributed by atoms with Gasteiger partial charge >= 0.3 is 12.4 Å². The molecule has 0 bridgehead atoms. The molecule has 1 aliphatic carbocycles. The van der Waals surface area contributed by atoms with Crippen molar-refractivity contribution in [2.75, 3.05) is 26.2 Å². The quantitative estimate of drug-likeness (QED) is 0.541. The summed E-state index contributed by atoms with van der Waals surface area (Å²) in [5, 5.41) is 3.16. The molecule has 2 nitrogen and oxygen atoms in total. The minimum absolute atomic E-state index is 0. The van der Waals surface area contributed by atoms with Gasteiger partial charge in [0.15, 0.2) is 0 Å². The number of nitrogens with one attached hydrogen (secondary N) is 1. The van der Waals surface area contributed by atoms with E-state index in [1.54, 1.807) is 0 Å². The molecule has 1 aromatic rings. The highest BCUT2D eigenvalue weighted by Gasteiger charge is 2.41. The van der Waals surface area contributed by atoms with Gasteiger partial charge in [0, 0.05) is 32.2 Å². The zero-order valence-electron chi connectivity index (χ0n) is 15.8. The Kier molecular flexibility index (Phi) is 9.58. The fourth-order valence-electron chi connectivity index (χ4n) is 4.40. The molecule has 1 N–H and O–H groups in total. The monoisotopic (exact) mass is 466 g/mol. The van der Waals surface area contributed by atoms with Crippen LogP contribution in [-0.4, -0.2) is 31.1 Å². The van der Waals surface area contributed by atoms with Gasteiger partial charge in [0.2, 0.25) is 0 Å². The Labute approximate surface area is 179 Å². The van der Waals surface area contributed by atoms with E-state index in [2.05, 4.69) is 5.32 Å². The molecule has 1 saturated carbocycles. The van der Waals surface area contributed by atoms with Crippen LogP contribution in [0.5, 0.6) is 0 Å². The van der Waals surface area contributed by atoms with Gasteiger partial charge in [0.25, 0.3) is 0 Å². The molecule has 1 atom stereocenters. The smallest absolute Gasteiger partial charge is 0.314 e. The largest absolute Gasteiger partial charge is 0.416 e. The summed E-state index contributed by atoms with van der Waals surface area (Å²) >= 11 is 0. The van der Waals surface area contributed by atoms with Crippen molar-refractivity contribution >= 4 is 24.8 Å². The van der Waals surface area contributed by atoms with Gasteiger partial charge in [-0.25, -0.2) is 0 Å². The summed E-state index contributed by atoms with van der Waals surface area (Å²) in [6.45, 7) is 2.33. The van der Waals surface area contributed by atoms with Gasteiger partial charge in [-0.2, -0.15) is 26.3 Å². The Morgan fingerprint density at radius 3 is 1.97 bits per heavy atom. The first-order valence-corrected chi connectivity index (χ1v) is 9.41. The van der Waals surface area contributed by atoms with Gasteiger partial charge in [-0.1, -0.05) is 19.3 Å². The molecular weight excluding hydrogens is 441 g/mol. The van der Waals surface area contributed by atoms with Crippen LogP contribution in [0.25, 0.3) is 0 Å². The summed E-state index contributed by atoms with van der Waals surface area (Å²) in [5.41, 5.74) is -2.17. The SMILES string of the molecule is Cl.Cl.FC(F)(F)c1ccc(C(F)(F)F)c([C@H](C2CCCCC2)N2CCNCC2)c1. The van der Waals surface area contributed by atoms with Gasteiger partial charge in [0.05, 0.1) is 11.1 Å². The Hall–Kier alpha value is -0.700. The number of rotatable bonds is 3. The number of halogens is 8. The first kappa shape index (κ1) is 26.3. The normalized spacial score (nSPS) is 20.5. The number of piperazine rings is 1. The minimum atomic E-state index is -4.68. The van der Waals surface area contributed by atoms with Gasteiger partial charge in [-0.3, -0.25) is 4.90 Å². The third-order valence-electron chi connectivity index (χ3n) is 5.64. The second-order valence-corrected chi connectivity index (χ2v) is 7.43. The molecule has 10 heteroatoms. The molecule has 2 fully saturated rings. The summed E-state index contributed by atoms with van der Waals surface area (Å²) in [4.78, 5) is 1.94. The average Bonchev–Trinajstić information content (AvgIpc) is 2.62. The van der Waals surface area contributed by atoms with Gasteiger partial charge in [-0.05, 0) is 42.5 Å². The predicted molar refractivity (Wildman–Crippen MR) is 105 cm³/mol. The third-order valence-corrected chi connectivity index (χ3v) is 5.64. The van der Waals surface area contributed by atoms with Gasteiger partial charge in [-0.15, -0.1) is 24.8 Å². The van der Waals surface area contributed by atoms with Crippen LogP contribution >= 0.6 is 24.8 Å². The Balaban J connectivity index is 0.00000210. The van der Waals surface area contributed by atoms with E-state index in [0.29, 0.717) is 38.3 Å². The van der Waals surface area contributed by atoms with Crippen LogP contribution in [0.1, 0.15) is 54.8 Å². The molecule has 1 aliphatic heterocycles. The highest BCUT2D eigenvalue weighted by molar-refractivity contribution is 5.85. The summed E-state index contributed by atoms with van der Waals surface area (Å²) in [6, 6.07) is 1.26. The fraction of sp³-hybridized carbons (Fsp3) is 0.684. The highest BCUT2D eigenvalue weighted by atomic mass is 35.5. The van der Waals surface area contributed by atoms with Crippen LogP contribution in [0, 0.1) is 5.92 Å². The van der Waals surface area contributed by atoms with Crippen molar-refractivity contribution in [2.24, 2.45) is 5.92 Å².